The van der Waals surface area contributed by atoms with Crippen molar-refractivity contribution in [3.63, 3.8) is 0 Å². The van der Waals surface area contributed by atoms with E-state index in [-0.39, 0.29) is 29.6 Å². The highest BCUT2D eigenvalue weighted by Gasteiger charge is 2.35. The van der Waals surface area contributed by atoms with Crippen LogP contribution in [0.25, 0.3) is 0 Å². The van der Waals surface area contributed by atoms with E-state index < -0.39 is 17.2 Å². The molecule has 1 aromatic carbocycles. The largest absolute Gasteiger partial charge is 0.465 e. The number of amides is 1. The van der Waals surface area contributed by atoms with E-state index in [1.165, 1.54) is 19.2 Å². The molecule has 1 saturated heterocycles. The molecule has 1 amide bonds. The number of carbonyl (C=O) groups excluding carboxylic acids is 2. The van der Waals surface area contributed by atoms with E-state index in [9.17, 15) is 14.0 Å². The zero-order valence-corrected chi connectivity index (χ0v) is 13.4. The molecule has 1 atom stereocenters. The van der Waals surface area contributed by atoms with E-state index in [0.717, 1.165) is 25.5 Å². The Morgan fingerprint density at radius 2 is 2.14 bits per heavy atom. The number of anilines is 1. The number of ether oxygens (including phenoxy) is 1. The summed E-state index contributed by atoms with van der Waals surface area (Å²) in [6.07, 6.45) is 1.64. The zero-order valence-electron chi connectivity index (χ0n) is 12.6. The molecule has 22 heavy (non-hydrogen) atoms. The average Bonchev–Trinajstić information content (AvgIpc) is 2.49. The average molecular weight is 331 g/mol. The van der Waals surface area contributed by atoms with Crippen LogP contribution in [0.5, 0.6) is 0 Å². The van der Waals surface area contributed by atoms with Crippen LogP contribution in [0.3, 0.4) is 0 Å². The molecule has 0 spiro atoms. The third-order valence-corrected chi connectivity index (χ3v) is 3.78. The van der Waals surface area contributed by atoms with Crippen molar-refractivity contribution < 1.29 is 18.7 Å². The summed E-state index contributed by atoms with van der Waals surface area (Å²) < 4.78 is 18.4. The van der Waals surface area contributed by atoms with Gasteiger partial charge in [-0.25, -0.2) is 9.18 Å². The number of carbonyl (C=O) groups is 2. The highest BCUT2D eigenvalue weighted by molar-refractivity contribution is 5.97. The Kier molecular flexibility index (Phi) is 6.32. The summed E-state index contributed by atoms with van der Waals surface area (Å²) in [6.45, 7) is 3.28. The first-order chi connectivity index (χ1) is 9.96. The molecule has 2 N–H and O–H groups in total. The van der Waals surface area contributed by atoms with Gasteiger partial charge in [-0.2, -0.15) is 0 Å². The van der Waals surface area contributed by atoms with Gasteiger partial charge in [-0.3, -0.25) is 4.79 Å². The number of rotatable bonds is 3. The minimum absolute atomic E-state index is 0. The summed E-state index contributed by atoms with van der Waals surface area (Å²) >= 11 is 0. The molecular formula is C15H20ClFN2O3. The first-order valence-electron chi connectivity index (χ1n) is 6.86. The Labute approximate surface area is 135 Å². The molecule has 0 aliphatic carbocycles. The Hall–Kier alpha value is -1.66. The molecule has 0 saturated carbocycles. The minimum Gasteiger partial charge on any atom is -0.465 e. The Balaban J connectivity index is 0.00000242. The molecule has 1 heterocycles. The topological polar surface area (TPSA) is 67.4 Å². The molecule has 7 heteroatoms. The molecular weight excluding hydrogens is 311 g/mol. The summed E-state index contributed by atoms with van der Waals surface area (Å²) in [7, 11) is 1.25. The van der Waals surface area contributed by atoms with Crippen LogP contribution in [-0.4, -0.2) is 32.1 Å². The second kappa shape index (κ2) is 7.56. The summed E-state index contributed by atoms with van der Waals surface area (Å²) in [5.41, 5.74) is -0.387. The van der Waals surface area contributed by atoms with Crippen molar-refractivity contribution in [1.29, 1.82) is 0 Å². The number of esters is 1. The molecule has 1 unspecified atom stereocenters. The van der Waals surface area contributed by atoms with Crippen LogP contribution in [0, 0.1) is 11.2 Å². The lowest BCUT2D eigenvalue weighted by atomic mass is 9.82. The predicted octanol–water partition coefficient (Wildman–Crippen LogP) is 2.36. The molecule has 122 valence electrons. The maximum absolute atomic E-state index is 13.8. The normalized spacial score (nSPS) is 20.7. The Bertz CT molecular complexity index is 560. The third kappa shape index (κ3) is 3.96. The van der Waals surface area contributed by atoms with Gasteiger partial charge in [0.05, 0.1) is 23.8 Å². The first-order valence-corrected chi connectivity index (χ1v) is 6.86. The van der Waals surface area contributed by atoms with Gasteiger partial charge < -0.3 is 15.4 Å². The van der Waals surface area contributed by atoms with Crippen LogP contribution in [-0.2, 0) is 9.53 Å². The smallest absolute Gasteiger partial charge is 0.337 e. The van der Waals surface area contributed by atoms with Gasteiger partial charge in [0.1, 0.15) is 5.82 Å². The Morgan fingerprint density at radius 3 is 2.73 bits per heavy atom. The fraction of sp³-hybridized carbons (Fsp3) is 0.467. The lowest BCUT2D eigenvalue weighted by Crippen LogP contribution is -2.46. The minimum atomic E-state index is -0.580. The number of halogens is 2. The third-order valence-electron chi connectivity index (χ3n) is 3.78. The van der Waals surface area contributed by atoms with E-state index >= 15 is 0 Å². The standard InChI is InChI=1S/C15H19FN2O3.ClH/c1-15(6-3-7-17-9-15)14(20)18-12-8-10(13(19)21-2)4-5-11(12)16;/h4-5,8,17H,3,6-7,9H2,1-2H3,(H,18,20);1H. The van der Waals surface area contributed by atoms with Gasteiger partial charge in [0.15, 0.2) is 0 Å². The fourth-order valence-corrected chi connectivity index (χ4v) is 2.39. The summed E-state index contributed by atoms with van der Waals surface area (Å²) in [5, 5.41) is 5.74. The summed E-state index contributed by atoms with van der Waals surface area (Å²) in [4.78, 5) is 23.8. The molecule has 2 rings (SSSR count). The van der Waals surface area contributed by atoms with Crippen LogP contribution < -0.4 is 10.6 Å². The maximum atomic E-state index is 13.8. The van der Waals surface area contributed by atoms with Crippen molar-refractivity contribution in [2.24, 2.45) is 5.41 Å². The molecule has 1 aliphatic heterocycles. The lowest BCUT2D eigenvalue weighted by Gasteiger charge is -2.32. The lowest BCUT2D eigenvalue weighted by molar-refractivity contribution is -0.125. The molecule has 1 aliphatic rings. The van der Waals surface area contributed by atoms with E-state index in [1.54, 1.807) is 0 Å². The molecule has 0 aromatic heterocycles. The Morgan fingerprint density at radius 1 is 1.41 bits per heavy atom. The van der Waals surface area contributed by atoms with E-state index in [1.807, 2.05) is 6.92 Å². The van der Waals surface area contributed by atoms with Crippen molar-refractivity contribution in [3.05, 3.63) is 29.6 Å². The first kappa shape index (κ1) is 18.4. The summed E-state index contributed by atoms with van der Waals surface area (Å²) in [6, 6.07) is 3.75. The van der Waals surface area contributed by atoms with Crippen molar-refractivity contribution in [3.8, 4) is 0 Å². The van der Waals surface area contributed by atoms with Crippen LogP contribution in [0.1, 0.15) is 30.1 Å². The second-order valence-corrected chi connectivity index (χ2v) is 5.48. The van der Waals surface area contributed by atoms with E-state index in [2.05, 4.69) is 15.4 Å². The van der Waals surface area contributed by atoms with Gasteiger partial charge in [-0.15, -0.1) is 12.4 Å². The number of benzene rings is 1. The summed E-state index contributed by atoms with van der Waals surface area (Å²) in [5.74, 6) is -1.41. The molecule has 1 fully saturated rings. The monoisotopic (exact) mass is 330 g/mol. The van der Waals surface area contributed by atoms with E-state index in [4.69, 9.17) is 0 Å². The van der Waals surface area contributed by atoms with Crippen LogP contribution in [0.4, 0.5) is 10.1 Å². The van der Waals surface area contributed by atoms with Crippen molar-refractivity contribution in [1.82, 2.24) is 5.32 Å². The number of piperidine rings is 1. The number of hydrogen-bond acceptors (Lipinski definition) is 4. The van der Waals surface area contributed by atoms with E-state index in [0.29, 0.717) is 6.54 Å². The highest BCUT2D eigenvalue weighted by Crippen LogP contribution is 2.28. The van der Waals surface area contributed by atoms with Gasteiger partial charge in [0.25, 0.3) is 0 Å². The van der Waals surface area contributed by atoms with Gasteiger partial charge in [-0.05, 0) is 44.5 Å². The van der Waals surface area contributed by atoms with Gasteiger partial charge in [-0.1, -0.05) is 0 Å². The van der Waals surface area contributed by atoms with Gasteiger partial charge in [0.2, 0.25) is 5.91 Å². The highest BCUT2D eigenvalue weighted by atomic mass is 35.5. The fourth-order valence-electron chi connectivity index (χ4n) is 2.39. The maximum Gasteiger partial charge on any atom is 0.337 e. The molecule has 0 radical (unpaired) electrons. The number of hydrogen-bond donors (Lipinski definition) is 2. The van der Waals surface area contributed by atoms with Crippen molar-refractivity contribution >= 4 is 30.0 Å². The quantitative estimate of drug-likeness (QED) is 0.835. The molecule has 5 nitrogen and oxygen atoms in total. The molecule has 0 bridgehead atoms. The van der Waals surface area contributed by atoms with Gasteiger partial charge in [0, 0.05) is 6.54 Å². The van der Waals surface area contributed by atoms with Crippen LogP contribution >= 0.6 is 12.4 Å². The van der Waals surface area contributed by atoms with Gasteiger partial charge >= 0.3 is 5.97 Å². The van der Waals surface area contributed by atoms with Crippen LogP contribution in [0.2, 0.25) is 0 Å². The van der Waals surface area contributed by atoms with Crippen molar-refractivity contribution in [2.75, 3.05) is 25.5 Å². The SMILES string of the molecule is COC(=O)c1ccc(F)c(NC(=O)C2(C)CCCNC2)c1.Cl. The van der Waals surface area contributed by atoms with Crippen LogP contribution in [0.15, 0.2) is 18.2 Å². The van der Waals surface area contributed by atoms with Crippen molar-refractivity contribution in [2.45, 2.75) is 19.8 Å². The number of methoxy groups -OCH3 is 1. The second-order valence-electron chi connectivity index (χ2n) is 5.48. The predicted molar refractivity (Wildman–Crippen MR) is 83.8 cm³/mol. The molecule has 1 aromatic rings. The number of nitrogens with one attached hydrogen (secondary N) is 2. The zero-order chi connectivity index (χ0) is 15.5.